The zero-order valence-electron chi connectivity index (χ0n) is 22.0. The van der Waals surface area contributed by atoms with E-state index in [9.17, 15) is 22.8 Å². The van der Waals surface area contributed by atoms with Crippen LogP contribution in [0.3, 0.4) is 0 Å². The topological polar surface area (TPSA) is 70.5 Å². The normalized spacial score (nSPS) is 24.2. The quantitative estimate of drug-likeness (QED) is 0.573. The van der Waals surface area contributed by atoms with Crippen molar-refractivity contribution < 1.29 is 22.8 Å². The first-order valence-corrected chi connectivity index (χ1v) is 13.6. The number of halogens is 3. The van der Waals surface area contributed by atoms with E-state index in [1.54, 1.807) is 6.92 Å². The molecule has 2 fully saturated rings. The molecule has 0 saturated carbocycles. The minimum Gasteiger partial charge on any atom is -0.349 e. The summed E-state index contributed by atoms with van der Waals surface area (Å²) in [5.41, 5.74) is 3.09. The predicted molar refractivity (Wildman–Crippen MR) is 136 cm³/mol. The van der Waals surface area contributed by atoms with Crippen LogP contribution < -0.4 is 5.32 Å². The first-order valence-electron chi connectivity index (χ1n) is 13.6. The lowest BCUT2D eigenvalue weighted by Gasteiger charge is -2.41. The third kappa shape index (κ3) is 5.75. The van der Waals surface area contributed by atoms with Crippen LogP contribution in [0.2, 0.25) is 0 Å². The molecule has 10 heteroatoms. The minimum atomic E-state index is -4.53. The highest BCUT2D eigenvalue weighted by Gasteiger charge is 2.42. The zero-order chi connectivity index (χ0) is 27.0. The van der Waals surface area contributed by atoms with Gasteiger partial charge in [-0.05, 0) is 44.6 Å². The first-order chi connectivity index (χ1) is 18.1. The molecule has 0 spiro atoms. The molecule has 1 aromatic carbocycles. The number of hydrogen-bond donors (Lipinski definition) is 1. The van der Waals surface area contributed by atoms with Gasteiger partial charge >= 0.3 is 6.18 Å². The molecular formula is C28H36F3N5O2. The van der Waals surface area contributed by atoms with Crippen molar-refractivity contribution in [3.63, 3.8) is 0 Å². The fourth-order valence-electron chi connectivity index (χ4n) is 6.80. The van der Waals surface area contributed by atoms with Gasteiger partial charge < -0.3 is 14.8 Å². The highest BCUT2D eigenvalue weighted by Crippen LogP contribution is 2.43. The van der Waals surface area contributed by atoms with Gasteiger partial charge in [-0.25, -0.2) is 4.98 Å². The number of rotatable bonds is 7. The van der Waals surface area contributed by atoms with Gasteiger partial charge in [0.15, 0.2) is 0 Å². The second-order valence-corrected chi connectivity index (χ2v) is 11.0. The second-order valence-electron chi connectivity index (χ2n) is 11.0. The highest BCUT2D eigenvalue weighted by atomic mass is 19.4. The SMILES string of the molecule is CC(=O)N1CCc2nc(C)n(C3CC4CCC(C3)N4CC[C@H](NC(=O)CC(F)(F)F)c3ccccc3)c2C1. The maximum Gasteiger partial charge on any atom is 0.397 e. The summed E-state index contributed by atoms with van der Waals surface area (Å²) >= 11 is 0. The van der Waals surface area contributed by atoms with Crippen LogP contribution in [-0.4, -0.2) is 62.5 Å². The van der Waals surface area contributed by atoms with Crippen molar-refractivity contribution in [1.82, 2.24) is 24.7 Å². The van der Waals surface area contributed by atoms with Gasteiger partial charge in [0.2, 0.25) is 11.8 Å². The van der Waals surface area contributed by atoms with Crippen LogP contribution in [-0.2, 0) is 22.6 Å². The van der Waals surface area contributed by atoms with Crippen LogP contribution in [0.25, 0.3) is 0 Å². The van der Waals surface area contributed by atoms with E-state index in [2.05, 4.69) is 21.7 Å². The Labute approximate surface area is 221 Å². The third-order valence-corrected chi connectivity index (χ3v) is 8.47. The Kier molecular flexibility index (Phi) is 7.53. The van der Waals surface area contributed by atoms with E-state index in [0.29, 0.717) is 44.2 Å². The molecule has 3 aliphatic heterocycles. The van der Waals surface area contributed by atoms with Crippen molar-refractivity contribution in [2.24, 2.45) is 0 Å². The van der Waals surface area contributed by atoms with Crippen LogP contribution in [0.5, 0.6) is 0 Å². The number of aryl methyl sites for hydroxylation is 1. The number of alkyl halides is 3. The van der Waals surface area contributed by atoms with Gasteiger partial charge in [-0.1, -0.05) is 30.3 Å². The number of nitrogens with one attached hydrogen (secondary N) is 1. The Morgan fingerprint density at radius 1 is 1.11 bits per heavy atom. The molecule has 2 bridgehead atoms. The molecular weight excluding hydrogens is 495 g/mol. The Bertz CT molecular complexity index is 1150. The molecule has 7 nitrogen and oxygen atoms in total. The Balaban J connectivity index is 1.27. The average Bonchev–Trinajstić information content (AvgIpc) is 3.31. The fourth-order valence-corrected chi connectivity index (χ4v) is 6.80. The van der Waals surface area contributed by atoms with Crippen LogP contribution in [0, 0.1) is 6.92 Å². The summed E-state index contributed by atoms with van der Waals surface area (Å²) in [5.74, 6) is 0.106. The van der Waals surface area contributed by atoms with E-state index < -0.39 is 24.5 Å². The van der Waals surface area contributed by atoms with Crippen molar-refractivity contribution in [1.29, 1.82) is 0 Å². The molecule has 38 heavy (non-hydrogen) atoms. The van der Waals surface area contributed by atoms with E-state index in [0.717, 1.165) is 49.2 Å². The number of aromatic nitrogens is 2. The van der Waals surface area contributed by atoms with Crippen LogP contribution in [0.1, 0.15) is 80.3 Å². The molecule has 206 valence electrons. The van der Waals surface area contributed by atoms with E-state index in [4.69, 9.17) is 4.98 Å². The molecule has 3 atom stereocenters. The van der Waals surface area contributed by atoms with Gasteiger partial charge in [0, 0.05) is 44.6 Å². The minimum absolute atomic E-state index is 0.0891. The molecule has 2 saturated heterocycles. The van der Waals surface area contributed by atoms with Crippen molar-refractivity contribution in [2.45, 2.75) is 95.7 Å². The van der Waals surface area contributed by atoms with E-state index in [1.165, 1.54) is 5.69 Å². The lowest BCUT2D eigenvalue weighted by atomic mass is 9.95. The summed E-state index contributed by atoms with van der Waals surface area (Å²) in [6.45, 7) is 5.71. The lowest BCUT2D eigenvalue weighted by Crippen LogP contribution is -2.45. The maximum atomic E-state index is 12.8. The maximum absolute atomic E-state index is 12.8. The van der Waals surface area contributed by atoms with Crippen LogP contribution in [0.15, 0.2) is 30.3 Å². The number of carbonyl (C=O) groups is 2. The molecule has 2 unspecified atom stereocenters. The monoisotopic (exact) mass is 531 g/mol. The van der Waals surface area contributed by atoms with Crippen molar-refractivity contribution in [3.05, 3.63) is 53.1 Å². The molecule has 1 aromatic heterocycles. The molecule has 0 aliphatic carbocycles. The first kappa shape index (κ1) is 26.7. The fraction of sp³-hybridized carbons (Fsp3) is 0.607. The zero-order valence-corrected chi connectivity index (χ0v) is 22.0. The Morgan fingerprint density at radius 3 is 2.42 bits per heavy atom. The van der Waals surface area contributed by atoms with Gasteiger partial charge in [-0.15, -0.1) is 0 Å². The number of benzene rings is 1. The summed E-state index contributed by atoms with van der Waals surface area (Å²) in [6.07, 6.45) is -0.512. The number of amides is 2. The number of fused-ring (bicyclic) bond motifs is 3. The van der Waals surface area contributed by atoms with Gasteiger partial charge in [-0.2, -0.15) is 13.2 Å². The molecule has 5 rings (SSSR count). The van der Waals surface area contributed by atoms with Crippen molar-refractivity contribution in [2.75, 3.05) is 13.1 Å². The Hall–Kier alpha value is -2.88. The summed E-state index contributed by atoms with van der Waals surface area (Å²) < 4.78 is 40.8. The predicted octanol–water partition coefficient (Wildman–Crippen LogP) is 4.46. The molecule has 4 heterocycles. The van der Waals surface area contributed by atoms with Crippen molar-refractivity contribution >= 4 is 11.8 Å². The standard InChI is InChI=1S/C28H36F3N5O2/c1-18-32-25-10-12-34(19(2)37)17-26(25)36(18)23-14-21-8-9-22(15-23)35(21)13-11-24(20-6-4-3-5-7-20)33-27(38)16-28(29,30)31/h3-7,21-24H,8-17H2,1-2H3,(H,33,38)/t21?,22?,23?,24-/m0/s1. The van der Waals surface area contributed by atoms with E-state index in [1.807, 2.05) is 35.2 Å². The van der Waals surface area contributed by atoms with Gasteiger partial charge in [-0.3, -0.25) is 14.5 Å². The summed E-state index contributed by atoms with van der Waals surface area (Å²) in [4.78, 5) is 33.4. The average molecular weight is 532 g/mol. The molecule has 2 amide bonds. The molecule has 3 aliphatic rings. The van der Waals surface area contributed by atoms with Gasteiger partial charge in [0.05, 0.1) is 24.0 Å². The van der Waals surface area contributed by atoms with Crippen LogP contribution >= 0.6 is 0 Å². The number of nitrogens with zero attached hydrogens (tertiary/aromatic N) is 4. The largest absolute Gasteiger partial charge is 0.397 e. The summed E-state index contributed by atoms with van der Waals surface area (Å²) in [6, 6.07) is 9.87. The second kappa shape index (κ2) is 10.7. The smallest absolute Gasteiger partial charge is 0.349 e. The molecule has 2 aromatic rings. The Morgan fingerprint density at radius 2 is 1.79 bits per heavy atom. The van der Waals surface area contributed by atoms with Crippen molar-refractivity contribution in [3.8, 4) is 0 Å². The number of hydrogen-bond acceptors (Lipinski definition) is 4. The van der Waals surface area contributed by atoms with E-state index in [-0.39, 0.29) is 5.91 Å². The van der Waals surface area contributed by atoms with Crippen LogP contribution in [0.4, 0.5) is 13.2 Å². The van der Waals surface area contributed by atoms with Gasteiger partial charge in [0.25, 0.3) is 0 Å². The summed E-state index contributed by atoms with van der Waals surface area (Å²) in [7, 11) is 0. The third-order valence-electron chi connectivity index (χ3n) is 8.47. The number of imidazole rings is 1. The lowest BCUT2D eigenvalue weighted by molar-refractivity contribution is -0.154. The number of carbonyl (C=O) groups excluding carboxylic acids is 2. The van der Waals surface area contributed by atoms with E-state index >= 15 is 0 Å². The highest BCUT2D eigenvalue weighted by molar-refractivity contribution is 5.77. The van der Waals surface area contributed by atoms with Gasteiger partial charge in [0.1, 0.15) is 12.2 Å². The molecule has 0 radical (unpaired) electrons. The number of piperidine rings is 1. The summed E-state index contributed by atoms with van der Waals surface area (Å²) in [5, 5.41) is 2.64. The molecule has 1 N–H and O–H groups in total.